The summed E-state index contributed by atoms with van der Waals surface area (Å²) in [5.74, 6) is -0.546. The van der Waals surface area contributed by atoms with Crippen LogP contribution in [0.1, 0.15) is 17.2 Å². The smallest absolute Gasteiger partial charge is 0.386 e. The minimum absolute atomic E-state index is 0.199. The van der Waals surface area contributed by atoms with Crippen LogP contribution in [-0.4, -0.2) is 24.5 Å². The van der Waals surface area contributed by atoms with Gasteiger partial charge in [0.1, 0.15) is 18.5 Å². The van der Waals surface area contributed by atoms with Crippen molar-refractivity contribution in [3.8, 4) is 0 Å². The van der Waals surface area contributed by atoms with Gasteiger partial charge in [0, 0.05) is 0 Å². The lowest BCUT2D eigenvalue weighted by atomic mass is 10.1. The third-order valence-electron chi connectivity index (χ3n) is 1.99. The fourth-order valence-corrected chi connectivity index (χ4v) is 1.34. The van der Waals surface area contributed by atoms with Crippen LogP contribution in [0, 0.1) is 12.7 Å². The largest absolute Gasteiger partial charge is 0.411 e. The standard InChI is InChI=1S/C11H12F4O2/c1-7-2-8(4-9(12)3-7)10(16)5-17-6-11(13,14)15/h2-4,10,16H,5-6H2,1H3. The number of halogens is 4. The number of rotatable bonds is 4. The minimum atomic E-state index is -4.43. The van der Waals surface area contributed by atoms with E-state index in [9.17, 15) is 22.7 Å². The summed E-state index contributed by atoms with van der Waals surface area (Å²) < 4.78 is 52.6. The first-order valence-corrected chi connectivity index (χ1v) is 4.87. The van der Waals surface area contributed by atoms with E-state index in [-0.39, 0.29) is 5.56 Å². The van der Waals surface area contributed by atoms with E-state index < -0.39 is 31.3 Å². The fourth-order valence-electron chi connectivity index (χ4n) is 1.34. The van der Waals surface area contributed by atoms with Crippen molar-refractivity contribution in [2.45, 2.75) is 19.2 Å². The Bertz CT molecular complexity index is 356. The van der Waals surface area contributed by atoms with Gasteiger partial charge in [-0.2, -0.15) is 13.2 Å². The Hall–Kier alpha value is -1.14. The average Bonchev–Trinajstić information content (AvgIpc) is 2.13. The Morgan fingerprint density at radius 1 is 1.29 bits per heavy atom. The van der Waals surface area contributed by atoms with Crippen LogP contribution in [0.15, 0.2) is 18.2 Å². The highest BCUT2D eigenvalue weighted by Gasteiger charge is 2.27. The number of hydrogen-bond acceptors (Lipinski definition) is 2. The lowest BCUT2D eigenvalue weighted by Gasteiger charge is -2.13. The van der Waals surface area contributed by atoms with E-state index in [0.717, 1.165) is 6.07 Å². The first-order valence-electron chi connectivity index (χ1n) is 4.87. The zero-order valence-corrected chi connectivity index (χ0v) is 9.09. The molecule has 0 aliphatic carbocycles. The Balaban J connectivity index is 2.55. The van der Waals surface area contributed by atoms with E-state index in [1.807, 2.05) is 0 Å². The van der Waals surface area contributed by atoms with Crippen molar-refractivity contribution in [3.63, 3.8) is 0 Å². The maximum absolute atomic E-state index is 13.0. The van der Waals surface area contributed by atoms with E-state index in [4.69, 9.17) is 0 Å². The lowest BCUT2D eigenvalue weighted by Crippen LogP contribution is -2.19. The molecule has 1 unspecified atom stereocenters. The molecular weight excluding hydrogens is 240 g/mol. The van der Waals surface area contributed by atoms with Crippen LogP contribution >= 0.6 is 0 Å². The van der Waals surface area contributed by atoms with Gasteiger partial charge in [0.2, 0.25) is 0 Å². The van der Waals surface area contributed by atoms with Crippen LogP contribution in [-0.2, 0) is 4.74 Å². The summed E-state index contributed by atoms with van der Waals surface area (Å²) in [4.78, 5) is 0. The second-order valence-corrected chi connectivity index (χ2v) is 3.71. The topological polar surface area (TPSA) is 29.5 Å². The summed E-state index contributed by atoms with van der Waals surface area (Å²) in [5, 5.41) is 9.51. The lowest BCUT2D eigenvalue weighted by molar-refractivity contribution is -0.179. The molecule has 2 nitrogen and oxygen atoms in total. The summed E-state index contributed by atoms with van der Waals surface area (Å²) in [5.41, 5.74) is 0.777. The summed E-state index contributed by atoms with van der Waals surface area (Å²) >= 11 is 0. The highest BCUT2D eigenvalue weighted by atomic mass is 19.4. The Morgan fingerprint density at radius 3 is 2.47 bits per heavy atom. The molecule has 0 saturated heterocycles. The monoisotopic (exact) mass is 252 g/mol. The molecule has 0 aliphatic rings. The van der Waals surface area contributed by atoms with Gasteiger partial charge in [-0.3, -0.25) is 0 Å². The molecule has 0 heterocycles. The molecule has 0 aliphatic heterocycles. The summed E-state index contributed by atoms with van der Waals surface area (Å²) in [6.07, 6.45) is -5.70. The van der Waals surface area contributed by atoms with Crippen molar-refractivity contribution in [3.05, 3.63) is 35.1 Å². The van der Waals surface area contributed by atoms with Gasteiger partial charge in [-0.25, -0.2) is 4.39 Å². The quantitative estimate of drug-likeness (QED) is 0.835. The normalized spacial score (nSPS) is 13.8. The maximum Gasteiger partial charge on any atom is 0.411 e. The van der Waals surface area contributed by atoms with E-state index in [2.05, 4.69) is 4.74 Å². The predicted molar refractivity (Wildman–Crippen MR) is 53.0 cm³/mol. The maximum atomic E-state index is 13.0. The average molecular weight is 252 g/mol. The number of aliphatic hydroxyl groups is 1. The number of aryl methyl sites for hydroxylation is 1. The van der Waals surface area contributed by atoms with Gasteiger partial charge in [-0.05, 0) is 30.2 Å². The molecule has 0 spiro atoms. The minimum Gasteiger partial charge on any atom is -0.386 e. The molecule has 96 valence electrons. The van der Waals surface area contributed by atoms with Crippen molar-refractivity contribution < 1.29 is 27.4 Å². The first-order chi connectivity index (χ1) is 7.78. The summed E-state index contributed by atoms with van der Waals surface area (Å²) in [6, 6.07) is 3.81. The third kappa shape index (κ3) is 5.14. The SMILES string of the molecule is Cc1cc(F)cc(C(O)COCC(F)(F)F)c1. The van der Waals surface area contributed by atoms with Crippen molar-refractivity contribution in [1.82, 2.24) is 0 Å². The molecule has 6 heteroatoms. The number of benzene rings is 1. The predicted octanol–water partition coefficient (Wildman–Crippen LogP) is 2.75. The highest BCUT2D eigenvalue weighted by molar-refractivity contribution is 5.25. The van der Waals surface area contributed by atoms with Gasteiger partial charge < -0.3 is 9.84 Å². The molecule has 1 atom stereocenters. The number of alkyl halides is 3. The zero-order valence-electron chi connectivity index (χ0n) is 9.09. The fraction of sp³-hybridized carbons (Fsp3) is 0.455. The Kier molecular flexibility index (Phi) is 4.47. The van der Waals surface area contributed by atoms with Crippen LogP contribution in [0.4, 0.5) is 17.6 Å². The Morgan fingerprint density at radius 2 is 1.94 bits per heavy atom. The first kappa shape index (κ1) is 13.9. The number of aliphatic hydroxyl groups excluding tert-OH is 1. The van der Waals surface area contributed by atoms with Gasteiger partial charge in [0.05, 0.1) is 6.61 Å². The van der Waals surface area contributed by atoms with Crippen molar-refractivity contribution in [2.75, 3.05) is 13.2 Å². The van der Waals surface area contributed by atoms with Crippen molar-refractivity contribution in [1.29, 1.82) is 0 Å². The third-order valence-corrected chi connectivity index (χ3v) is 1.99. The number of ether oxygens (including phenoxy) is 1. The molecule has 1 rings (SSSR count). The van der Waals surface area contributed by atoms with E-state index in [0.29, 0.717) is 5.56 Å². The summed E-state index contributed by atoms with van der Waals surface area (Å²) in [7, 11) is 0. The summed E-state index contributed by atoms with van der Waals surface area (Å²) in [6.45, 7) is -0.337. The van der Waals surface area contributed by atoms with Crippen molar-refractivity contribution in [2.24, 2.45) is 0 Å². The molecule has 1 aromatic rings. The van der Waals surface area contributed by atoms with Gasteiger partial charge in [-0.1, -0.05) is 6.07 Å². The molecule has 0 amide bonds. The molecule has 0 saturated carbocycles. The Labute approximate surface area is 95.8 Å². The van der Waals surface area contributed by atoms with Crippen LogP contribution in [0.2, 0.25) is 0 Å². The van der Waals surface area contributed by atoms with Gasteiger partial charge in [-0.15, -0.1) is 0 Å². The zero-order chi connectivity index (χ0) is 13.1. The van der Waals surface area contributed by atoms with Gasteiger partial charge >= 0.3 is 6.18 Å². The van der Waals surface area contributed by atoms with Crippen LogP contribution in [0.3, 0.4) is 0 Å². The molecule has 1 aromatic carbocycles. The highest BCUT2D eigenvalue weighted by Crippen LogP contribution is 2.19. The number of hydrogen-bond donors (Lipinski definition) is 1. The molecule has 0 bridgehead atoms. The van der Waals surface area contributed by atoms with E-state index in [1.165, 1.54) is 12.1 Å². The van der Waals surface area contributed by atoms with Crippen molar-refractivity contribution >= 4 is 0 Å². The van der Waals surface area contributed by atoms with E-state index in [1.54, 1.807) is 6.92 Å². The molecule has 1 N–H and O–H groups in total. The molecule has 0 fully saturated rings. The van der Waals surface area contributed by atoms with Crippen LogP contribution in [0.25, 0.3) is 0 Å². The van der Waals surface area contributed by atoms with Gasteiger partial charge in [0.15, 0.2) is 0 Å². The molecular formula is C11H12F4O2. The second-order valence-electron chi connectivity index (χ2n) is 3.71. The molecule has 17 heavy (non-hydrogen) atoms. The van der Waals surface area contributed by atoms with E-state index >= 15 is 0 Å². The van der Waals surface area contributed by atoms with Crippen LogP contribution in [0.5, 0.6) is 0 Å². The molecule has 0 radical (unpaired) electrons. The molecule has 0 aromatic heterocycles. The second kappa shape index (κ2) is 5.46. The van der Waals surface area contributed by atoms with Gasteiger partial charge in [0.25, 0.3) is 0 Å². The van der Waals surface area contributed by atoms with Crippen LogP contribution < -0.4 is 0 Å².